The number of allylic oxidation sites excluding steroid dienone is 3. The van der Waals surface area contributed by atoms with E-state index in [2.05, 4.69) is 6.58 Å². The molecule has 0 unspecified atom stereocenters. The van der Waals surface area contributed by atoms with Crippen LogP contribution in [0.2, 0.25) is 0 Å². The Labute approximate surface area is 60.2 Å². The Morgan fingerprint density at radius 2 is 1.90 bits per heavy atom. The Hall–Kier alpha value is -0.370. The maximum atomic E-state index is 10.5. The molecule has 0 heterocycles. The van der Waals surface area contributed by atoms with Gasteiger partial charge in [0.15, 0.2) is 0 Å². The van der Waals surface area contributed by atoms with Crippen LogP contribution in [0.1, 0.15) is 13.8 Å². The van der Waals surface area contributed by atoms with Crippen molar-refractivity contribution >= 4 is 7.60 Å². The third kappa shape index (κ3) is 3.62. The van der Waals surface area contributed by atoms with Crippen molar-refractivity contribution < 1.29 is 14.4 Å². The van der Waals surface area contributed by atoms with Crippen molar-refractivity contribution in [1.29, 1.82) is 0 Å². The lowest BCUT2D eigenvalue weighted by molar-refractivity contribution is 0.382. The molecule has 10 heavy (non-hydrogen) atoms. The summed E-state index contributed by atoms with van der Waals surface area (Å²) in [7, 11) is -4.01. The van der Waals surface area contributed by atoms with Gasteiger partial charge in [0.2, 0.25) is 0 Å². The molecular formula is C6H11O3P. The summed E-state index contributed by atoms with van der Waals surface area (Å²) in [5, 5.41) is 0.0556. The van der Waals surface area contributed by atoms with Gasteiger partial charge in [-0.25, -0.2) is 0 Å². The van der Waals surface area contributed by atoms with E-state index in [0.29, 0.717) is 5.57 Å². The monoisotopic (exact) mass is 162 g/mol. The SMILES string of the molecule is C=C(C)/C=C(/C)P(=O)(O)O. The molecule has 0 aromatic carbocycles. The van der Waals surface area contributed by atoms with E-state index in [1.165, 1.54) is 13.0 Å². The quantitative estimate of drug-likeness (QED) is 0.479. The first-order valence-corrected chi connectivity index (χ1v) is 4.35. The molecule has 3 nitrogen and oxygen atoms in total. The molecule has 0 rings (SSSR count). The summed E-state index contributed by atoms with van der Waals surface area (Å²) >= 11 is 0. The van der Waals surface area contributed by atoms with Crippen molar-refractivity contribution in [2.45, 2.75) is 13.8 Å². The van der Waals surface area contributed by atoms with Crippen LogP contribution in [-0.4, -0.2) is 9.79 Å². The van der Waals surface area contributed by atoms with Crippen molar-refractivity contribution in [2.75, 3.05) is 0 Å². The van der Waals surface area contributed by atoms with Crippen molar-refractivity contribution in [2.24, 2.45) is 0 Å². The van der Waals surface area contributed by atoms with Crippen molar-refractivity contribution in [3.63, 3.8) is 0 Å². The van der Waals surface area contributed by atoms with Gasteiger partial charge in [0, 0.05) is 5.31 Å². The molecule has 0 fully saturated rings. The summed E-state index contributed by atoms with van der Waals surface area (Å²) in [5.74, 6) is 0. The molecule has 0 aliphatic heterocycles. The van der Waals surface area contributed by atoms with Crippen LogP contribution in [-0.2, 0) is 4.57 Å². The highest BCUT2D eigenvalue weighted by atomic mass is 31.2. The first kappa shape index (κ1) is 9.63. The molecule has 0 aliphatic carbocycles. The van der Waals surface area contributed by atoms with Crippen LogP contribution in [0.25, 0.3) is 0 Å². The Bertz CT molecular complexity index is 211. The number of hydrogen-bond donors (Lipinski definition) is 2. The van der Waals surface area contributed by atoms with Crippen molar-refractivity contribution in [3.8, 4) is 0 Å². The second kappa shape index (κ2) is 3.15. The second-order valence-electron chi connectivity index (χ2n) is 2.18. The topological polar surface area (TPSA) is 57.5 Å². The largest absolute Gasteiger partial charge is 0.351 e. The summed E-state index contributed by atoms with van der Waals surface area (Å²) in [6.07, 6.45) is 1.38. The third-order valence-electron chi connectivity index (χ3n) is 0.915. The Balaban J connectivity index is 4.52. The van der Waals surface area contributed by atoms with Crippen LogP contribution in [0, 0.1) is 0 Å². The van der Waals surface area contributed by atoms with E-state index in [4.69, 9.17) is 9.79 Å². The average Bonchev–Trinajstić information content (AvgIpc) is 1.60. The van der Waals surface area contributed by atoms with E-state index in [9.17, 15) is 4.57 Å². The third-order valence-corrected chi connectivity index (χ3v) is 1.96. The Kier molecular flexibility index (Phi) is 3.03. The molecule has 0 aliphatic rings. The molecule has 0 atom stereocenters. The fraction of sp³-hybridized carbons (Fsp3) is 0.333. The normalized spacial score (nSPS) is 13.4. The maximum Gasteiger partial charge on any atom is 0.351 e. The fourth-order valence-electron chi connectivity index (χ4n) is 0.441. The van der Waals surface area contributed by atoms with Crippen LogP contribution in [0.5, 0.6) is 0 Å². The first-order valence-electron chi connectivity index (χ1n) is 2.74. The number of hydrogen-bond acceptors (Lipinski definition) is 1. The molecule has 0 aromatic heterocycles. The van der Waals surface area contributed by atoms with Gasteiger partial charge in [0.05, 0.1) is 0 Å². The van der Waals surface area contributed by atoms with Crippen molar-refractivity contribution in [1.82, 2.24) is 0 Å². The van der Waals surface area contributed by atoms with Gasteiger partial charge in [-0.1, -0.05) is 12.2 Å². The average molecular weight is 162 g/mol. The summed E-state index contributed by atoms with van der Waals surface area (Å²) < 4.78 is 10.5. The molecule has 0 bridgehead atoms. The highest BCUT2D eigenvalue weighted by molar-refractivity contribution is 7.56. The molecule has 4 heteroatoms. The lowest BCUT2D eigenvalue weighted by Gasteiger charge is -2.01. The van der Waals surface area contributed by atoms with Gasteiger partial charge in [-0.2, -0.15) is 0 Å². The summed E-state index contributed by atoms with van der Waals surface area (Å²) in [6.45, 7) is 6.55. The molecule has 2 N–H and O–H groups in total. The van der Waals surface area contributed by atoms with Crippen LogP contribution >= 0.6 is 7.60 Å². The first-order chi connectivity index (χ1) is 4.34. The zero-order valence-electron chi connectivity index (χ0n) is 6.03. The zero-order valence-corrected chi connectivity index (χ0v) is 6.93. The minimum absolute atomic E-state index is 0.0556. The number of rotatable bonds is 2. The predicted molar refractivity (Wildman–Crippen MR) is 40.6 cm³/mol. The predicted octanol–water partition coefficient (Wildman–Crippen LogP) is 1.64. The highest BCUT2D eigenvalue weighted by Gasteiger charge is 2.14. The van der Waals surface area contributed by atoms with Gasteiger partial charge in [-0.15, -0.1) is 0 Å². The van der Waals surface area contributed by atoms with Crippen molar-refractivity contribution in [3.05, 3.63) is 23.5 Å². The molecular weight excluding hydrogens is 151 g/mol. The Morgan fingerprint density at radius 3 is 2.00 bits per heavy atom. The summed E-state index contributed by atoms with van der Waals surface area (Å²) in [5.41, 5.74) is 0.640. The zero-order chi connectivity index (χ0) is 8.36. The second-order valence-corrected chi connectivity index (χ2v) is 3.97. The molecule has 0 saturated carbocycles. The smallest absolute Gasteiger partial charge is 0.321 e. The lowest BCUT2D eigenvalue weighted by atomic mass is 10.3. The van der Waals surface area contributed by atoms with E-state index in [1.807, 2.05) is 0 Å². The molecule has 58 valence electrons. The molecule has 0 amide bonds. The maximum absolute atomic E-state index is 10.5. The van der Waals surface area contributed by atoms with Gasteiger partial charge < -0.3 is 9.79 Å². The van der Waals surface area contributed by atoms with Crippen LogP contribution in [0.3, 0.4) is 0 Å². The summed E-state index contributed by atoms with van der Waals surface area (Å²) in [6, 6.07) is 0. The van der Waals surface area contributed by atoms with Gasteiger partial charge in [-0.05, 0) is 19.9 Å². The van der Waals surface area contributed by atoms with E-state index >= 15 is 0 Å². The standard InChI is InChI=1S/C6H11O3P/c1-5(2)4-6(3)10(7,8)9/h4H,1H2,2-3H3,(H2,7,8,9)/b6-4-. The van der Waals surface area contributed by atoms with E-state index in [1.54, 1.807) is 6.92 Å². The molecule has 0 radical (unpaired) electrons. The fourth-order valence-corrected chi connectivity index (χ4v) is 0.829. The molecule has 0 spiro atoms. The van der Waals surface area contributed by atoms with Gasteiger partial charge >= 0.3 is 7.60 Å². The molecule has 0 saturated heterocycles. The van der Waals surface area contributed by atoms with Gasteiger partial charge in [0.25, 0.3) is 0 Å². The highest BCUT2D eigenvalue weighted by Crippen LogP contribution is 2.44. The van der Waals surface area contributed by atoms with E-state index in [0.717, 1.165) is 0 Å². The molecule has 0 aromatic rings. The summed E-state index contributed by atoms with van der Waals surface area (Å²) in [4.78, 5) is 17.1. The minimum Gasteiger partial charge on any atom is -0.321 e. The Morgan fingerprint density at radius 1 is 1.50 bits per heavy atom. The van der Waals surface area contributed by atoms with E-state index < -0.39 is 7.60 Å². The van der Waals surface area contributed by atoms with E-state index in [-0.39, 0.29) is 5.31 Å². The lowest BCUT2D eigenvalue weighted by Crippen LogP contribution is -1.79. The van der Waals surface area contributed by atoms with Crippen LogP contribution < -0.4 is 0 Å². The van der Waals surface area contributed by atoms with Crippen LogP contribution in [0.15, 0.2) is 23.5 Å². The minimum atomic E-state index is -4.01. The van der Waals surface area contributed by atoms with Gasteiger partial charge in [0.1, 0.15) is 0 Å². The van der Waals surface area contributed by atoms with Crippen LogP contribution in [0.4, 0.5) is 0 Å². The van der Waals surface area contributed by atoms with Gasteiger partial charge in [-0.3, -0.25) is 4.57 Å².